The van der Waals surface area contributed by atoms with Crippen LogP contribution in [0, 0.1) is 0 Å². The minimum atomic E-state index is -0.0318. The van der Waals surface area contributed by atoms with Crippen molar-refractivity contribution in [1.82, 2.24) is 19.5 Å². The molecule has 0 spiro atoms. The molecule has 0 radical (unpaired) electrons. The maximum absolute atomic E-state index is 12.5. The molecule has 0 unspecified atom stereocenters. The third kappa shape index (κ3) is 2.19. The number of carbonyl (C=O) groups is 1. The topological polar surface area (TPSA) is 59.7 Å². The molecule has 6 nitrogen and oxygen atoms in total. The van der Waals surface area contributed by atoms with Crippen molar-refractivity contribution in [2.24, 2.45) is 0 Å². The Balaban J connectivity index is 1.91. The van der Waals surface area contributed by atoms with Gasteiger partial charge >= 0.3 is 0 Å². The van der Waals surface area contributed by atoms with Gasteiger partial charge in [0.05, 0.1) is 18.4 Å². The van der Waals surface area contributed by atoms with Gasteiger partial charge in [0.15, 0.2) is 5.65 Å². The van der Waals surface area contributed by atoms with Crippen LogP contribution >= 0.6 is 0 Å². The Morgan fingerprint density at radius 3 is 2.84 bits per heavy atom. The Kier molecular flexibility index (Phi) is 2.94. The molecule has 0 aliphatic carbocycles. The summed E-state index contributed by atoms with van der Waals surface area (Å²) in [4.78, 5) is 18.6. The molecule has 0 saturated carbocycles. The number of rotatable bonds is 1. The highest BCUT2D eigenvalue weighted by atomic mass is 16.5. The predicted molar refractivity (Wildman–Crippen MR) is 68.9 cm³/mol. The third-order valence-electron chi connectivity index (χ3n) is 3.22. The van der Waals surface area contributed by atoms with Crippen molar-refractivity contribution in [3.63, 3.8) is 0 Å². The molecule has 2 atom stereocenters. The van der Waals surface area contributed by atoms with Crippen molar-refractivity contribution in [3.8, 4) is 0 Å². The van der Waals surface area contributed by atoms with E-state index in [1.807, 2.05) is 18.7 Å². The standard InChI is InChI=1S/C13H16N4O2/c1-9-7-16(8-10(2)19-9)13(18)11-6-15-17-5-3-4-14-12(11)17/h3-6,9-10H,7-8H2,1-2H3/t9-,10-/m1/s1. The number of amides is 1. The smallest absolute Gasteiger partial charge is 0.259 e. The van der Waals surface area contributed by atoms with Gasteiger partial charge in [0.2, 0.25) is 0 Å². The van der Waals surface area contributed by atoms with Crippen LogP contribution in [-0.4, -0.2) is 50.7 Å². The second-order valence-corrected chi connectivity index (χ2v) is 4.91. The molecule has 1 amide bonds. The molecule has 1 fully saturated rings. The molecule has 6 heteroatoms. The van der Waals surface area contributed by atoms with Gasteiger partial charge in [-0.3, -0.25) is 4.79 Å². The molecule has 1 aliphatic heterocycles. The summed E-state index contributed by atoms with van der Waals surface area (Å²) >= 11 is 0. The SMILES string of the molecule is C[C@@H]1CN(C(=O)c2cnn3cccnc23)C[C@@H](C)O1. The van der Waals surface area contributed by atoms with E-state index in [4.69, 9.17) is 4.74 Å². The van der Waals surface area contributed by atoms with Crippen LogP contribution in [0.3, 0.4) is 0 Å². The van der Waals surface area contributed by atoms with Crippen molar-refractivity contribution < 1.29 is 9.53 Å². The minimum Gasteiger partial charge on any atom is -0.372 e. The molecule has 19 heavy (non-hydrogen) atoms. The van der Waals surface area contributed by atoms with Gasteiger partial charge in [0, 0.05) is 25.5 Å². The van der Waals surface area contributed by atoms with Crippen molar-refractivity contribution in [2.75, 3.05) is 13.1 Å². The highest BCUT2D eigenvalue weighted by Gasteiger charge is 2.28. The number of ether oxygens (including phenoxy) is 1. The maximum atomic E-state index is 12.5. The minimum absolute atomic E-state index is 0.0318. The second kappa shape index (κ2) is 4.62. The average molecular weight is 260 g/mol. The lowest BCUT2D eigenvalue weighted by atomic mass is 10.2. The fourth-order valence-electron chi connectivity index (χ4n) is 2.49. The molecule has 1 saturated heterocycles. The number of hydrogen-bond donors (Lipinski definition) is 0. The zero-order valence-corrected chi connectivity index (χ0v) is 11.0. The van der Waals surface area contributed by atoms with E-state index < -0.39 is 0 Å². The molecule has 0 bridgehead atoms. The van der Waals surface area contributed by atoms with Crippen LogP contribution in [0.4, 0.5) is 0 Å². The molecule has 3 heterocycles. The van der Waals surface area contributed by atoms with Crippen LogP contribution in [0.5, 0.6) is 0 Å². The summed E-state index contributed by atoms with van der Waals surface area (Å²) < 4.78 is 7.25. The monoisotopic (exact) mass is 260 g/mol. The van der Waals surface area contributed by atoms with E-state index in [1.165, 1.54) is 0 Å². The van der Waals surface area contributed by atoms with Crippen molar-refractivity contribution in [3.05, 3.63) is 30.2 Å². The van der Waals surface area contributed by atoms with E-state index in [9.17, 15) is 4.79 Å². The van der Waals surface area contributed by atoms with Gasteiger partial charge in [-0.2, -0.15) is 5.10 Å². The van der Waals surface area contributed by atoms with Crippen LogP contribution < -0.4 is 0 Å². The zero-order chi connectivity index (χ0) is 13.4. The van der Waals surface area contributed by atoms with E-state index in [-0.39, 0.29) is 18.1 Å². The molecule has 100 valence electrons. The molecule has 0 N–H and O–H groups in total. The molecular formula is C13H16N4O2. The largest absolute Gasteiger partial charge is 0.372 e. The zero-order valence-electron chi connectivity index (χ0n) is 11.0. The first kappa shape index (κ1) is 12.1. The Labute approximate surface area is 111 Å². The van der Waals surface area contributed by atoms with E-state index in [0.29, 0.717) is 24.3 Å². The molecule has 0 aromatic carbocycles. The maximum Gasteiger partial charge on any atom is 0.259 e. The normalized spacial score (nSPS) is 23.8. The van der Waals surface area contributed by atoms with Gasteiger partial charge in [-0.25, -0.2) is 9.50 Å². The third-order valence-corrected chi connectivity index (χ3v) is 3.22. The second-order valence-electron chi connectivity index (χ2n) is 4.91. The average Bonchev–Trinajstić information content (AvgIpc) is 2.80. The molecule has 2 aromatic heterocycles. The van der Waals surface area contributed by atoms with E-state index in [1.54, 1.807) is 29.2 Å². The van der Waals surface area contributed by atoms with Crippen LogP contribution in [0.15, 0.2) is 24.7 Å². The fraction of sp³-hybridized carbons (Fsp3) is 0.462. The first-order chi connectivity index (χ1) is 9.15. The summed E-state index contributed by atoms with van der Waals surface area (Å²) in [5, 5.41) is 4.15. The van der Waals surface area contributed by atoms with Gasteiger partial charge in [-0.05, 0) is 19.9 Å². The Hall–Kier alpha value is -1.95. The summed E-state index contributed by atoms with van der Waals surface area (Å²) in [6.07, 6.45) is 5.14. The van der Waals surface area contributed by atoms with Crippen molar-refractivity contribution in [2.45, 2.75) is 26.1 Å². The number of aromatic nitrogens is 3. The van der Waals surface area contributed by atoms with Crippen LogP contribution in [0.2, 0.25) is 0 Å². The lowest BCUT2D eigenvalue weighted by Crippen LogP contribution is -2.48. The summed E-state index contributed by atoms with van der Waals surface area (Å²) in [6, 6.07) is 1.78. The van der Waals surface area contributed by atoms with E-state index >= 15 is 0 Å². The number of nitrogens with zero attached hydrogens (tertiary/aromatic N) is 4. The first-order valence-corrected chi connectivity index (χ1v) is 6.38. The lowest BCUT2D eigenvalue weighted by molar-refractivity contribution is -0.0585. The Morgan fingerprint density at radius 2 is 2.11 bits per heavy atom. The summed E-state index contributed by atoms with van der Waals surface area (Å²) in [7, 11) is 0. The predicted octanol–water partition coefficient (Wildman–Crippen LogP) is 0.979. The molecule has 1 aliphatic rings. The molecule has 3 rings (SSSR count). The highest BCUT2D eigenvalue weighted by Crippen LogP contribution is 2.16. The summed E-state index contributed by atoms with van der Waals surface area (Å²) in [5.74, 6) is -0.0318. The summed E-state index contributed by atoms with van der Waals surface area (Å²) in [5.41, 5.74) is 1.14. The highest BCUT2D eigenvalue weighted by molar-refractivity contribution is 5.99. The van der Waals surface area contributed by atoms with Crippen LogP contribution in [0.25, 0.3) is 5.65 Å². The first-order valence-electron chi connectivity index (χ1n) is 6.38. The van der Waals surface area contributed by atoms with Gasteiger partial charge in [0.25, 0.3) is 5.91 Å². The number of morpholine rings is 1. The lowest BCUT2D eigenvalue weighted by Gasteiger charge is -2.35. The Bertz CT molecular complexity index is 599. The van der Waals surface area contributed by atoms with Crippen molar-refractivity contribution >= 4 is 11.6 Å². The molecular weight excluding hydrogens is 244 g/mol. The van der Waals surface area contributed by atoms with Gasteiger partial charge in [-0.1, -0.05) is 0 Å². The van der Waals surface area contributed by atoms with Gasteiger partial charge in [0.1, 0.15) is 5.56 Å². The van der Waals surface area contributed by atoms with Crippen molar-refractivity contribution in [1.29, 1.82) is 0 Å². The molecule has 2 aromatic rings. The van der Waals surface area contributed by atoms with E-state index in [0.717, 1.165) is 0 Å². The quantitative estimate of drug-likeness (QED) is 0.767. The summed E-state index contributed by atoms with van der Waals surface area (Å²) in [6.45, 7) is 5.16. The van der Waals surface area contributed by atoms with Crippen LogP contribution in [0.1, 0.15) is 24.2 Å². The Morgan fingerprint density at radius 1 is 1.37 bits per heavy atom. The number of fused-ring (bicyclic) bond motifs is 1. The van der Waals surface area contributed by atoms with E-state index in [2.05, 4.69) is 10.1 Å². The van der Waals surface area contributed by atoms with Gasteiger partial charge < -0.3 is 9.64 Å². The fourth-order valence-corrected chi connectivity index (χ4v) is 2.49. The number of hydrogen-bond acceptors (Lipinski definition) is 4. The number of carbonyl (C=O) groups excluding carboxylic acids is 1. The van der Waals surface area contributed by atoms with Crippen LogP contribution in [-0.2, 0) is 4.74 Å². The van der Waals surface area contributed by atoms with Gasteiger partial charge in [-0.15, -0.1) is 0 Å².